The fourth-order valence-corrected chi connectivity index (χ4v) is 1.75. The highest BCUT2D eigenvalue weighted by molar-refractivity contribution is 5.27. The summed E-state index contributed by atoms with van der Waals surface area (Å²) in [6, 6.07) is 5.03. The second-order valence-corrected chi connectivity index (χ2v) is 5.28. The topological polar surface area (TPSA) is 32.3 Å². The van der Waals surface area contributed by atoms with Gasteiger partial charge in [-0.2, -0.15) is 0 Å². The van der Waals surface area contributed by atoms with Crippen LogP contribution in [0, 0.1) is 12.7 Å². The van der Waals surface area contributed by atoms with Crippen molar-refractivity contribution in [2.24, 2.45) is 0 Å². The van der Waals surface area contributed by atoms with Gasteiger partial charge in [0, 0.05) is 19.0 Å². The number of halogens is 1. The molecule has 0 spiro atoms. The van der Waals surface area contributed by atoms with Crippen LogP contribution in [0.2, 0.25) is 0 Å². The van der Waals surface area contributed by atoms with Crippen molar-refractivity contribution in [1.29, 1.82) is 0 Å². The Labute approximate surface area is 103 Å². The smallest absolute Gasteiger partial charge is 0.123 e. The van der Waals surface area contributed by atoms with Gasteiger partial charge >= 0.3 is 0 Å². The second kappa shape index (κ2) is 5.61. The largest absolute Gasteiger partial charge is 0.389 e. The molecule has 0 bridgehead atoms. The Kier molecular flexibility index (Phi) is 4.66. The van der Waals surface area contributed by atoms with Crippen molar-refractivity contribution in [2.75, 3.05) is 6.54 Å². The van der Waals surface area contributed by atoms with Crippen LogP contribution in [0.5, 0.6) is 0 Å². The van der Waals surface area contributed by atoms with E-state index >= 15 is 0 Å². The number of hydrogen-bond donors (Lipinski definition) is 2. The van der Waals surface area contributed by atoms with Crippen molar-refractivity contribution in [3.8, 4) is 0 Å². The molecule has 0 heterocycles. The molecule has 0 saturated heterocycles. The molecule has 0 aliphatic carbocycles. The van der Waals surface area contributed by atoms with Gasteiger partial charge in [-0.3, -0.25) is 0 Å². The molecule has 0 amide bonds. The lowest BCUT2D eigenvalue weighted by Crippen LogP contribution is -2.42. The highest BCUT2D eigenvalue weighted by Gasteiger charge is 2.21. The fourth-order valence-electron chi connectivity index (χ4n) is 1.75. The molecular weight excluding hydrogens is 217 g/mol. The van der Waals surface area contributed by atoms with Crippen LogP contribution in [0.25, 0.3) is 0 Å². The van der Waals surface area contributed by atoms with Gasteiger partial charge < -0.3 is 10.4 Å². The summed E-state index contributed by atoms with van der Waals surface area (Å²) in [7, 11) is 0. The van der Waals surface area contributed by atoms with Crippen molar-refractivity contribution < 1.29 is 9.50 Å². The molecule has 3 heteroatoms. The third kappa shape index (κ3) is 4.84. The Hall–Kier alpha value is -0.930. The zero-order chi connectivity index (χ0) is 13.1. The predicted octanol–water partition coefficient (Wildman–Crippen LogP) is 2.43. The van der Waals surface area contributed by atoms with Crippen molar-refractivity contribution in [1.82, 2.24) is 5.32 Å². The highest BCUT2D eigenvalue weighted by atomic mass is 19.1. The first-order valence-corrected chi connectivity index (χ1v) is 6.01. The molecule has 96 valence electrons. The second-order valence-electron chi connectivity index (χ2n) is 5.28. The monoisotopic (exact) mass is 239 g/mol. The van der Waals surface area contributed by atoms with E-state index in [2.05, 4.69) is 5.32 Å². The normalized spacial score (nSPS) is 15.0. The molecule has 0 saturated carbocycles. The summed E-state index contributed by atoms with van der Waals surface area (Å²) < 4.78 is 13.0. The Morgan fingerprint density at radius 2 is 2.06 bits per heavy atom. The molecule has 0 aliphatic rings. The van der Waals surface area contributed by atoms with E-state index in [1.54, 1.807) is 13.0 Å². The molecule has 0 radical (unpaired) electrons. The lowest BCUT2D eigenvalue weighted by Gasteiger charge is -2.26. The molecule has 0 aromatic heterocycles. The quantitative estimate of drug-likeness (QED) is 0.827. The van der Waals surface area contributed by atoms with Gasteiger partial charge in [0.25, 0.3) is 0 Å². The van der Waals surface area contributed by atoms with Crippen molar-refractivity contribution in [2.45, 2.75) is 45.8 Å². The fraction of sp³-hybridized carbons (Fsp3) is 0.571. The first-order valence-electron chi connectivity index (χ1n) is 6.01. The van der Waals surface area contributed by atoms with E-state index in [0.29, 0.717) is 19.0 Å². The summed E-state index contributed by atoms with van der Waals surface area (Å²) in [6.07, 6.45) is 0.527. The Morgan fingerprint density at radius 3 is 2.59 bits per heavy atom. The molecular formula is C14H22FNO. The number of hydrogen-bond acceptors (Lipinski definition) is 2. The van der Waals surface area contributed by atoms with Crippen molar-refractivity contribution in [3.05, 3.63) is 35.1 Å². The van der Waals surface area contributed by atoms with E-state index in [-0.39, 0.29) is 5.82 Å². The van der Waals surface area contributed by atoms with E-state index in [9.17, 15) is 9.50 Å². The van der Waals surface area contributed by atoms with E-state index < -0.39 is 5.60 Å². The minimum atomic E-state index is -0.813. The minimum Gasteiger partial charge on any atom is -0.389 e. The summed E-state index contributed by atoms with van der Waals surface area (Å²) in [6.45, 7) is 8.27. The number of nitrogens with one attached hydrogen (secondary N) is 1. The van der Waals surface area contributed by atoms with E-state index in [0.717, 1.165) is 11.1 Å². The molecule has 0 fully saturated rings. The van der Waals surface area contributed by atoms with Crippen molar-refractivity contribution >= 4 is 0 Å². The maximum Gasteiger partial charge on any atom is 0.123 e. The zero-order valence-corrected chi connectivity index (χ0v) is 11.0. The Balaban J connectivity index is 2.68. The third-order valence-electron chi connectivity index (χ3n) is 2.77. The molecule has 2 N–H and O–H groups in total. The number of aliphatic hydroxyl groups is 1. The number of rotatable bonds is 5. The third-order valence-corrected chi connectivity index (χ3v) is 2.77. The van der Waals surface area contributed by atoms with Gasteiger partial charge in [0.1, 0.15) is 5.82 Å². The van der Waals surface area contributed by atoms with Crippen LogP contribution >= 0.6 is 0 Å². The molecule has 1 rings (SSSR count). The van der Waals surface area contributed by atoms with Crippen LogP contribution in [0.3, 0.4) is 0 Å². The summed E-state index contributed by atoms with van der Waals surface area (Å²) in [5.41, 5.74) is 1.06. The summed E-state index contributed by atoms with van der Waals surface area (Å²) >= 11 is 0. The van der Waals surface area contributed by atoms with Crippen LogP contribution in [0.15, 0.2) is 18.2 Å². The molecule has 17 heavy (non-hydrogen) atoms. The van der Waals surface area contributed by atoms with Gasteiger partial charge in [0.15, 0.2) is 0 Å². The lowest BCUT2D eigenvalue weighted by atomic mass is 9.93. The van der Waals surface area contributed by atoms with Gasteiger partial charge in [-0.15, -0.1) is 0 Å². The molecule has 1 aromatic carbocycles. The van der Waals surface area contributed by atoms with Crippen LogP contribution in [-0.2, 0) is 6.42 Å². The van der Waals surface area contributed by atoms with Gasteiger partial charge in [0.2, 0.25) is 0 Å². The average Bonchev–Trinajstić information content (AvgIpc) is 2.20. The highest BCUT2D eigenvalue weighted by Crippen LogP contribution is 2.17. The molecule has 1 aromatic rings. The zero-order valence-electron chi connectivity index (χ0n) is 11.0. The van der Waals surface area contributed by atoms with Crippen LogP contribution in [-0.4, -0.2) is 23.3 Å². The van der Waals surface area contributed by atoms with Gasteiger partial charge in [0.05, 0.1) is 5.60 Å². The number of benzene rings is 1. The molecule has 1 unspecified atom stereocenters. The maximum absolute atomic E-state index is 13.0. The molecule has 2 nitrogen and oxygen atoms in total. The van der Waals surface area contributed by atoms with Crippen LogP contribution < -0.4 is 5.32 Å². The van der Waals surface area contributed by atoms with Gasteiger partial charge in [-0.25, -0.2) is 4.39 Å². The first kappa shape index (κ1) is 14.1. The van der Waals surface area contributed by atoms with Crippen LogP contribution in [0.1, 0.15) is 31.9 Å². The SMILES string of the molecule is Cc1cc(F)ccc1CC(C)(O)CNC(C)C. The van der Waals surface area contributed by atoms with Gasteiger partial charge in [-0.05, 0) is 37.1 Å². The maximum atomic E-state index is 13.0. The Morgan fingerprint density at radius 1 is 1.41 bits per heavy atom. The minimum absolute atomic E-state index is 0.230. The van der Waals surface area contributed by atoms with E-state index in [1.807, 2.05) is 20.8 Å². The average molecular weight is 239 g/mol. The van der Waals surface area contributed by atoms with Crippen LogP contribution in [0.4, 0.5) is 4.39 Å². The Bertz CT molecular complexity index is 374. The van der Waals surface area contributed by atoms with Gasteiger partial charge in [-0.1, -0.05) is 19.9 Å². The summed E-state index contributed by atoms with van der Waals surface area (Å²) in [5.74, 6) is -0.230. The summed E-state index contributed by atoms with van der Waals surface area (Å²) in [5, 5.41) is 13.5. The van der Waals surface area contributed by atoms with Crippen molar-refractivity contribution in [3.63, 3.8) is 0 Å². The lowest BCUT2D eigenvalue weighted by molar-refractivity contribution is 0.0580. The summed E-state index contributed by atoms with van der Waals surface area (Å²) in [4.78, 5) is 0. The predicted molar refractivity (Wildman–Crippen MR) is 68.6 cm³/mol. The number of aryl methyl sites for hydroxylation is 1. The first-order chi connectivity index (χ1) is 7.80. The van der Waals surface area contributed by atoms with E-state index in [1.165, 1.54) is 12.1 Å². The molecule has 1 atom stereocenters. The standard InChI is InChI=1S/C14H22FNO/c1-10(2)16-9-14(4,17)8-12-5-6-13(15)7-11(12)3/h5-7,10,16-17H,8-9H2,1-4H3. The van der Waals surface area contributed by atoms with E-state index in [4.69, 9.17) is 0 Å². The molecule has 0 aliphatic heterocycles.